The van der Waals surface area contributed by atoms with Crippen LogP contribution in [0.25, 0.3) is 21.3 Å². The molecule has 2 heterocycles. The van der Waals surface area contributed by atoms with Crippen LogP contribution in [0, 0.1) is 13.8 Å². The van der Waals surface area contributed by atoms with E-state index in [0.717, 1.165) is 29.5 Å². The number of aromatic nitrogens is 2. The SMILES string of the molecule is CCCCOC(=O)C(C)n1cnc2scc(-c3ccc(C)cc3C)c2c1=O. The Morgan fingerprint density at radius 2 is 2.07 bits per heavy atom. The molecule has 0 N–H and O–H groups in total. The summed E-state index contributed by atoms with van der Waals surface area (Å²) in [5, 5.41) is 2.52. The van der Waals surface area contributed by atoms with Crippen LogP contribution >= 0.6 is 11.3 Å². The highest BCUT2D eigenvalue weighted by molar-refractivity contribution is 7.17. The fourth-order valence-corrected chi connectivity index (χ4v) is 3.98. The van der Waals surface area contributed by atoms with Crippen molar-refractivity contribution < 1.29 is 9.53 Å². The van der Waals surface area contributed by atoms with Gasteiger partial charge in [0.2, 0.25) is 0 Å². The highest BCUT2D eigenvalue weighted by atomic mass is 32.1. The van der Waals surface area contributed by atoms with Crippen molar-refractivity contribution in [2.75, 3.05) is 6.61 Å². The van der Waals surface area contributed by atoms with Crippen LogP contribution in [0.15, 0.2) is 34.7 Å². The maximum absolute atomic E-state index is 13.2. The maximum atomic E-state index is 13.2. The Hall–Kier alpha value is -2.47. The zero-order valence-corrected chi connectivity index (χ0v) is 16.9. The van der Waals surface area contributed by atoms with Gasteiger partial charge in [0, 0.05) is 10.9 Å². The van der Waals surface area contributed by atoms with Crippen LogP contribution in [0.5, 0.6) is 0 Å². The zero-order chi connectivity index (χ0) is 19.6. The molecule has 3 aromatic rings. The Labute approximate surface area is 162 Å². The van der Waals surface area contributed by atoms with Gasteiger partial charge in [0.25, 0.3) is 5.56 Å². The Morgan fingerprint density at radius 1 is 1.30 bits per heavy atom. The molecule has 0 saturated heterocycles. The van der Waals surface area contributed by atoms with Crippen LogP contribution in [-0.4, -0.2) is 22.1 Å². The second-order valence-corrected chi connectivity index (χ2v) is 7.66. The van der Waals surface area contributed by atoms with E-state index in [1.165, 1.54) is 27.8 Å². The van der Waals surface area contributed by atoms with Gasteiger partial charge in [-0.2, -0.15) is 0 Å². The first-order valence-corrected chi connectivity index (χ1v) is 10.0. The van der Waals surface area contributed by atoms with Crippen LogP contribution in [-0.2, 0) is 9.53 Å². The van der Waals surface area contributed by atoms with E-state index in [2.05, 4.69) is 11.1 Å². The highest BCUT2D eigenvalue weighted by Gasteiger charge is 2.21. The highest BCUT2D eigenvalue weighted by Crippen LogP contribution is 2.33. The van der Waals surface area contributed by atoms with E-state index >= 15 is 0 Å². The molecule has 142 valence electrons. The third-order valence-electron chi connectivity index (χ3n) is 4.69. The Kier molecular flexibility index (Phi) is 5.75. The van der Waals surface area contributed by atoms with Gasteiger partial charge in [0.1, 0.15) is 10.9 Å². The van der Waals surface area contributed by atoms with Crippen molar-refractivity contribution >= 4 is 27.5 Å². The van der Waals surface area contributed by atoms with Crippen molar-refractivity contribution in [3.8, 4) is 11.1 Å². The standard InChI is InChI=1S/C21H24N2O3S/c1-5-6-9-26-21(25)15(4)23-12-22-19-18(20(23)24)17(11-27-19)16-8-7-13(2)10-14(16)3/h7-8,10-12,15H,5-6,9H2,1-4H3. The number of carbonyl (C=O) groups excluding carboxylic acids is 1. The van der Waals surface area contributed by atoms with Crippen molar-refractivity contribution in [1.82, 2.24) is 9.55 Å². The Morgan fingerprint density at radius 3 is 2.78 bits per heavy atom. The number of benzene rings is 1. The number of nitrogens with zero attached hydrogens (tertiary/aromatic N) is 2. The monoisotopic (exact) mass is 384 g/mol. The van der Waals surface area contributed by atoms with Crippen molar-refractivity contribution in [2.24, 2.45) is 0 Å². The molecule has 3 rings (SSSR count). The Balaban J connectivity index is 2.04. The van der Waals surface area contributed by atoms with E-state index in [0.29, 0.717) is 16.8 Å². The number of hydrogen-bond acceptors (Lipinski definition) is 5. The average molecular weight is 385 g/mol. The van der Waals surface area contributed by atoms with E-state index in [1.807, 2.05) is 38.3 Å². The van der Waals surface area contributed by atoms with E-state index in [-0.39, 0.29) is 5.56 Å². The summed E-state index contributed by atoms with van der Waals surface area (Å²) >= 11 is 1.44. The van der Waals surface area contributed by atoms with Gasteiger partial charge in [-0.1, -0.05) is 37.1 Å². The van der Waals surface area contributed by atoms with Gasteiger partial charge in [-0.25, -0.2) is 9.78 Å². The number of carbonyl (C=O) groups is 1. The largest absolute Gasteiger partial charge is 0.464 e. The van der Waals surface area contributed by atoms with Crippen LogP contribution in [0.3, 0.4) is 0 Å². The number of esters is 1. The number of rotatable bonds is 6. The molecule has 0 amide bonds. The molecule has 0 aliphatic rings. The molecule has 6 heteroatoms. The number of ether oxygens (including phenoxy) is 1. The fourth-order valence-electron chi connectivity index (χ4n) is 3.09. The first kappa shape index (κ1) is 19.3. The quantitative estimate of drug-likeness (QED) is 0.459. The van der Waals surface area contributed by atoms with Crippen LogP contribution in [0.4, 0.5) is 0 Å². The molecular formula is C21H24N2O3S. The van der Waals surface area contributed by atoms with Crippen molar-refractivity contribution in [3.05, 3.63) is 51.4 Å². The summed E-state index contributed by atoms with van der Waals surface area (Å²) in [5.41, 5.74) is 3.95. The molecule has 0 saturated carbocycles. The Bertz CT molecular complexity index is 1040. The van der Waals surface area contributed by atoms with Gasteiger partial charge in [0.15, 0.2) is 0 Å². The van der Waals surface area contributed by atoms with Gasteiger partial charge in [-0.15, -0.1) is 11.3 Å². The molecular weight excluding hydrogens is 360 g/mol. The maximum Gasteiger partial charge on any atom is 0.328 e. The average Bonchev–Trinajstić information content (AvgIpc) is 3.06. The van der Waals surface area contributed by atoms with Gasteiger partial charge in [0.05, 0.1) is 18.3 Å². The molecule has 2 aromatic heterocycles. The second-order valence-electron chi connectivity index (χ2n) is 6.80. The summed E-state index contributed by atoms with van der Waals surface area (Å²) in [6, 6.07) is 5.46. The molecule has 0 spiro atoms. The predicted octanol–water partition coefficient (Wildman–Crippen LogP) is 4.65. The molecule has 0 aliphatic carbocycles. The smallest absolute Gasteiger partial charge is 0.328 e. The summed E-state index contributed by atoms with van der Waals surface area (Å²) < 4.78 is 6.64. The predicted molar refractivity (Wildman–Crippen MR) is 109 cm³/mol. The lowest BCUT2D eigenvalue weighted by Gasteiger charge is -2.14. The number of hydrogen-bond donors (Lipinski definition) is 0. The third-order valence-corrected chi connectivity index (χ3v) is 5.58. The van der Waals surface area contributed by atoms with Gasteiger partial charge >= 0.3 is 5.97 Å². The molecule has 0 aliphatic heterocycles. The number of fused-ring (bicyclic) bond motifs is 1. The summed E-state index contributed by atoms with van der Waals surface area (Å²) in [5.74, 6) is -0.407. The van der Waals surface area contributed by atoms with Gasteiger partial charge < -0.3 is 4.74 Å². The summed E-state index contributed by atoms with van der Waals surface area (Å²) in [6.45, 7) is 8.16. The first-order chi connectivity index (χ1) is 12.9. The normalized spacial score (nSPS) is 12.3. The minimum atomic E-state index is -0.710. The fraction of sp³-hybridized carbons (Fsp3) is 0.381. The molecule has 1 atom stereocenters. The minimum absolute atomic E-state index is 0.212. The van der Waals surface area contributed by atoms with E-state index in [9.17, 15) is 9.59 Å². The topological polar surface area (TPSA) is 61.2 Å². The number of unbranched alkanes of at least 4 members (excludes halogenated alkanes) is 1. The molecule has 0 fully saturated rings. The van der Waals surface area contributed by atoms with Crippen LogP contribution in [0.2, 0.25) is 0 Å². The number of aryl methyl sites for hydroxylation is 2. The van der Waals surface area contributed by atoms with Gasteiger partial charge in [-0.05, 0) is 38.3 Å². The molecule has 5 nitrogen and oxygen atoms in total. The molecule has 1 unspecified atom stereocenters. The summed E-state index contributed by atoms with van der Waals surface area (Å²) in [7, 11) is 0. The third kappa shape index (κ3) is 3.81. The van der Waals surface area contributed by atoms with Crippen LogP contribution < -0.4 is 5.56 Å². The lowest BCUT2D eigenvalue weighted by atomic mass is 9.99. The molecule has 0 bridgehead atoms. The minimum Gasteiger partial charge on any atom is -0.464 e. The van der Waals surface area contributed by atoms with Crippen molar-refractivity contribution in [3.63, 3.8) is 0 Å². The summed E-state index contributed by atoms with van der Waals surface area (Å²) in [4.78, 5) is 30.5. The lowest BCUT2D eigenvalue weighted by molar-refractivity contribution is -0.147. The van der Waals surface area contributed by atoms with E-state index in [4.69, 9.17) is 4.74 Å². The van der Waals surface area contributed by atoms with E-state index in [1.54, 1.807) is 6.92 Å². The first-order valence-electron chi connectivity index (χ1n) is 9.16. The van der Waals surface area contributed by atoms with Gasteiger partial charge in [-0.3, -0.25) is 9.36 Å². The summed E-state index contributed by atoms with van der Waals surface area (Å²) in [6.07, 6.45) is 3.20. The molecule has 1 aromatic carbocycles. The van der Waals surface area contributed by atoms with Crippen molar-refractivity contribution in [1.29, 1.82) is 0 Å². The van der Waals surface area contributed by atoms with E-state index < -0.39 is 12.0 Å². The lowest BCUT2D eigenvalue weighted by Crippen LogP contribution is -2.29. The molecule has 27 heavy (non-hydrogen) atoms. The van der Waals surface area contributed by atoms with Crippen LogP contribution in [0.1, 0.15) is 43.9 Å². The molecule has 0 radical (unpaired) electrons. The van der Waals surface area contributed by atoms with Crippen molar-refractivity contribution in [2.45, 2.75) is 46.6 Å². The zero-order valence-electron chi connectivity index (χ0n) is 16.1. The second kappa shape index (κ2) is 8.05. The number of thiophene rings is 1.